The quantitative estimate of drug-likeness (QED) is 0.280. The van der Waals surface area contributed by atoms with Crippen molar-refractivity contribution in [2.45, 2.75) is 65.3 Å². The minimum Gasteiger partial charge on any atom is -0.505 e. The van der Waals surface area contributed by atoms with E-state index in [1.807, 2.05) is 32.9 Å². The van der Waals surface area contributed by atoms with Crippen molar-refractivity contribution in [3.63, 3.8) is 0 Å². The molecular formula is C20H30O10P+. The van der Waals surface area contributed by atoms with Gasteiger partial charge in [-0.2, -0.15) is 4.57 Å². The minimum atomic E-state index is -4.54. The van der Waals surface area contributed by atoms with Gasteiger partial charge >= 0.3 is 13.8 Å². The summed E-state index contributed by atoms with van der Waals surface area (Å²) in [5, 5.41) is 28.9. The van der Waals surface area contributed by atoms with E-state index in [9.17, 15) is 29.5 Å². The molecule has 0 saturated carbocycles. The molecule has 2 aliphatic rings. The molecule has 2 unspecified atom stereocenters. The number of hydrogen-bond donors (Lipinski definition) is 3. The molecular weight excluding hydrogens is 431 g/mol. The summed E-state index contributed by atoms with van der Waals surface area (Å²) in [4.78, 5) is 31.9. The maximum absolute atomic E-state index is 12.9. The largest absolute Gasteiger partial charge is 0.634 e. The Bertz CT molecular complexity index is 869. The Morgan fingerprint density at radius 1 is 1.35 bits per heavy atom. The van der Waals surface area contributed by atoms with Gasteiger partial charge in [0, 0.05) is 0 Å². The molecule has 0 bridgehead atoms. The Morgan fingerprint density at radius 3 is 2.55 bits per heavy atom. The number of aliphatic hydroxyl groups is 3. The molecule has 0 aromatic carbocycles. The molecule has 31 heavy (non-hydrogen) atoms. The van der Waals surface area contributed by atoms with E-state index in [0.717, 1.165) is 12.0 Å². The Morgan fingerprint density at radius 2 is 2.00 bits per heavy atom. The van der Waals surface area contributed by atoms with Crippen LogP contribution in [0.2, 0.25) is 0 Å². The average Bonchev–Trinajstić information content (AvgIpc) is 2.92. The topological polar surface area (TPSA) is 162 Å². The van der Waals surface area contributed by atoms with E-state index in [-0.39, 0.29) is 11.8 Å². The molecule has 174 valence electrons. The highest BCUT2D eigenvalue weighted by Gasteiger charge is 2.44. The molecule has 5 N–H and O–H groups in total. The van der Waals surface area contributed by atoms with E-state index in [1.165, 1.54) is 0 Å². The maximum atomic E-state index is 12.9. The zero-order valence-electron chi connectivity index (χ0n) is 18.0. The van der Waals surface area contributed by atoms with E-state index in [4.69, 9.17) is 13.9 Å². The Kier molecular flexibility index (Phi) is 7.89. The van der Waals surface area contributed by atoms with Crippen molar-refractivity contribution in [2.24, 2.45) is 5.41 Å². The first-order chi connectivity index (χ1) is 14.3. The lowest BCUT2D eigenvalue weighted by Crippen LogP contribution is -2.33. The fraction of sp³-hybridized carbons (Fsp3) is 0.600. The van der Waals surface area contributed by atoms with Crippen LogP contribution >= 0.6 is 7.82 Å². The third-order valence-electron chi connectivity index (χ3n) is 5.32. The van der Waals surface area contributed by atoms with E-state index in [0.29, 0.717) is 12.0 Å². The molecule has 10 nitrogen and oxygen atoms in total. The fourth-order valence-corrected chi connectivity index (χ4v) is 4.46. The first kappa shape index (κ1) is 25.3. The zero-order chi connectivity index (χ0) is 23.6. The number of aliphatic hydroxyl groups excluding tert-OH is 3. The van der Waals surface area contributed by atoms with E-state index in [2.05, 4.69) is 4.74 Å². The second-order valence-corrected chi connectivity index (χ2v) is 9.61. The molecule has 0 fully saturated rings. The van der Waals surface area contributed by atoms with E-state index in [1.54, 1.807) is 6.92 Å². The zero-order valence-corrected chi connectivity index (χ0v) is 18.8. The van der Waals surface area contributed by atoms with Crippen LogP contribution in [-0.2, 0) is 27.9 Å². The summed E-state index contributed by atoms with van der Waals surface area (Å²) in [6.07, 6.45) is 0.930. The Balaban J connectivity index is 2.08. The molecule has 0 amide bonds. The van der Waals surface area contributed by atoms with Gasteiger partial charge in [-0.15, -0.1) is 0 Å². The standard InChI is InChI=1S/C20H29O10P/c1-5-6-7-12-11(2)15(22)14(8-9-20(12,3)4)30-31(26,27)28-10-13(21)18-16(23)17(24)19(25)29-18/h6-7,13-14,18,21,23-24H,5,8-10H2,1-4H3,(H,26,27)/p+1/b7-6+/t13-,14?,18+/m0/s1. The minimum absolute atomic E-state index is 0.221. The van der Waals surface area contributed by atoms with Crippen LogP contribution in [0.25, 0.3) is 0 Å². The number of cyclic esters (lactones) is 1. The molecule has 2 rings (SSSR count). The SMILES string of the molecule is CC/C=C/C1=C(C)C(=O)C(OP(=O)([OH2+])OC[C@H](O)[C@H]2OC(=O)C(O)=C2O)CCC1(C)C. The molecule has 1 aliphatic heterocycles. The van der Waals surface area contributed by atoms with Crippen LogP contribution in [0.4, 0.5) is 0 Å². The number of hydrogen-bond acceptors (Lipinski definition) is 9. The molecule has 1 aliphatic carbocycles. The first-order valence-corrected chi connectivity index (χ1v) is 11.5. The van der Waals surface area contributed by atoms with Crippen molar-refractivity contribution in [3.05, 3.63) is 34.8 Å². The van der Waals surface area contributed by atoms with Crippen LogP contribution in [0.1, 0.15) is 47.0 Å². The van der Waals surface area contributed by atoms with Gasteiger partial charge in [0.25, 0.3) is 0 Å². The lowest BCUT2D eigenvalue weighted by molar-refractivity contribution is -0.147. The lowest BCUT2D eigenvalue weighted by Gasteiger charge is -2.25. The number of esters is 1. The molecule has 0 aromatic heterocycles. The van der Waals surface area contributed by atoms with Gasteiger partial charge in [-0.1, -0.05) is 32.9 Å². The number of ether oxygens (including phenoxy) is 1. The summed E-state index contributed by atoms with van der Waals surface area (Å²) in [6.45, 7) is 6.83. The number of carbonyl (C=O) groups excluding carboxylic acids is 2. The first-order valence-electron chi connectivity index (χ1n) is 9.92. The summed E-state index contributed by atoms with van der Waals surface area (Å²) in [7, 11) is -4.54. The van der Waals surface area contributed by atoms with Gasteiger partial charge in [-0.05, 0) is 42.7 Å². The lowest BCUT2D eigenvalue weighted by atomic mass is 9.79. The third kappa shape index (κ3) is 5.84. The van der Waals surface area contributed by atoms with Crippen molar-refractivity contribution in [1.29, 1.82) is 0 Å². The predicted octanol–water partition coefficient (Wildman–Crippen LogP) is 2.51. The van der Waals surface area contributed by atoms with Crippen molar-refractivity contribution >= 4 is 19.6 Å². The summed E-state index contributed by atoms with van der Waals surface area (Å²) in [5.74, 6) is -3.56. The second kappa shape index (κ2) is 9.67. The molecule has 0 aromatic rings. The second-order valence-electron chi connectivity index (χ2n) is 8.15. The molecule has 0 spiro atoms. The summed E-state index contributed by atoms with van der Waals surface area (Å²) in [5.41, 5.74) is 0.984. The molecule has 11 heteroatoms. The van der Waals surface area contributed by atoms with Gasteiger partial charge < -0.3 is 24.9 Å². The number of rotatable bonds is 8. The number of ketones is 1. The highest BCUT2D eigenvalue weighted by Crippen LogP contribution is 2.48. The fourth-order valence-electron chi connectivity index (χ4n) is 3.51. The van der Waals surface area contributed by atoms with Gasteiger partial charge in [0.2, 0.25) is 5.76 Å². The highest BCUT2D eigenvalue weighted by molar-refractivity contribution is 7.47. The van der Waals surface area contributed by atoms with Crippen LogP contribution in [0.15, 0.2) is 34.8 Å². The van der Waals surface area contributed by atoms with Gasteiger partial charge in [-0.25, -0.2) is 13.8 Å². The maximum Gasteiger partial charge on any atom is 0.634 e. The van der Waals surface area contributed by atoms with E-state index < -0.39 is 56.0 Å². The Hall–Kier alpha value is -1.97. The Labute approximate surface area is 180 Å². The van der Waals surface area contributed by atoms with Crippen LogP contribution < -0.4 is 0 Å². The summed E-state index contributed by atoms with van der Waals surface area (Å²) in [6, 6.07) is 0. The predicted molar refractivity (Wildman–Crippen MR) is 110 cm³/mol. The van der Waals surface area contributed by atoms with Gasteiger partial charge in [-0.3, -0.25) is 4.79 Å². The van der Waals surface area contributed by atoms with Gasteiger partial charge in [0.1, 0.15) is 12.2 Å². The molecule has 0 saturated heterocycles. The smallest absolute Gasteiger partial charge is 0.505 e. The van der Waals surface area contributed by atoms with Crippen LogP contribution in [0.5, 0.6) is 0 Å². The third-order valence-corrected chi connectivity index (χ3v) is 6.34. The summed E-state index contributed by atoms with van der Waals surface area (Å²) < 4.78 is 27.1. The summed E-state index contributed by atoms with van der Waals surface area (Å²) >= 11 is 0. The van der Waals surface area contributed by atoms with Crippen molar-refractivity contribution in [1.82, 2.24) is 0 Å². The number of carbonyl (C=O) groups is 2. The number of Topliss-reactive ketones (excluding diaryl/α,β-unsaturated/α-hetero) is 1. The highest BCUT2D eigenvalue weighted by atomic mass is 31.2. The van der Waals surface area contributed by atoms with Crippen LogP contribution in [0, 0.1) is 5.41 Å². The van der Waals surface area contributed by atoms with Crippen molar-refractivity contribution in [2.75, 3.05) is 6.61 Å². The van der Waals surface area contributed by atoms with Crippen molar-refractivity contribution < 1.29 is 48.2 Å². The molecule has 0 radical (unpaired) electrons. The van der Waals surface area contributed by atoms with Gasteiger partial charge in [0.05, 0.1) is 6.61 Å². The van der Waals surface area contributed by atoms with Crippen molar-refractivity contribution in [3.8, 4) is 0 Å². The normalized spacial score (nSPS) is 27.4. The molecule has 1 heterocycles. The average molecular weight is 461 g/mol. The van der Waals surface area contributed by atoms with Gasteiger partial charge in [0.15, 0.2) is 17.6 Å². The van der Waals surface area contributed by atoms with Crippen LogP contribution in [0.3, 0.4) is 0 Å². The monoisotopic (exact) mass is 461 g/mol. The van der Waals surface area contributed by atoms with Crippen LogP contribution in [-0.4, -0.2) is 56.9 Å². The number of allylic oxidation sites excluding steroid dienone is 3. The molecule has 4 atom stereocenters. The van der Waals surface area contributed by atoms with E-state index >= 15 is 0 Å².